The molecule has 0 spiro atoms. The number of nitrogens with two attached hydrogens (primary N) is 1. The average Bonchev–Trinajstić information content (AvgIpc) is 3.05. The summed E-state index contributed by atoms with van der Waals surface area (Å²) in [5.74, 6) is 7.87. The quantitative estimate of drug-likeness (QED) is 0.658. The zero-order valence-electron chi connectivity index (χ0n) is 10.6. The molecule has 2 aromatic rings. The molecule has 3 rings (SSSR count). The van der Waals surface area contributed by atoms with E-state index in [0.29, 0.717) is 5.92 Å². The van der Waals surface area contributed by atoms with Crippen molar-refractivity contribution in [3.8, 4) is 0 Å². The minimum atomic E-state index is 0.522. The fraction of sp³-hybridized carbons (Fsp3) is 0.538. The Bertz CT molecular complexity index is 557. The topological polar surface area (TPSA) is 63.8 Å². The smallest absolute Gasteiger partial charge is 0.152 e. The lowest BCUT2D eigenvalue weighted by atomic mass is 10.1. The number of rotatable bonds is 3. The highest BCUT2D eigenvalue weighted by Crippen LogP contribution is 2.35. The fourth-order valence-electron chi connectivity index (χ4n) is 2.64. The summed E-state index contributed by atoms with van der Waals surface area (Å²) in [6, 6.07) is 2.15. The first-order valence-corrected chi connectivity index (χ1v) is 7.40. The Morgan fingerprint density at radius 3 is 2.83 bits per heavy atom. The second-order valence-corrected chi connectivity index (χ2v) is 5.96. The van der Waals surface area contributed by atoms with Crippen molar-refractivity contribution in [1.82, 2.24) is 9.97 Å². The van der Waals surface area contributed by atoms with Crippen LogP contribution in [0.15, 0.2) is 6.07 Å². The first-order valence-electron chi connectivity index (χ1n) is 6.58. The molecule has 0 atom stereocenters. The molecule has 18 heavy (non-hydrogen) atoms. The van der Waals surface area contributed by atoms with Crippen LogP contribution in [-0.4, -0.2) is 9.97 Å². The van der Waals surface area contributed by atoms with E-state index in [-0.39, 0.29) is 0 Å². The van der Waals surface area contributed by atoms with E-state index in [1.807, 2.05) is 0 Å². The molecule has 1 saturated carbocycles. The van der Waals surface area contributed by atoms with Crippen LogP contribution in [0.1, 0.15) is 49.2 Å². The molecular formula is C13H18N4S. The lowest BCUT2D eigenvalue weighted by Crippen LogP contribution is -2.11. The second-order valence-electron chi connectivity index (χ2n) is 4.84. The van der Waals surface area contributed by atoms with Crippen molar-refractivity contribution in [1.29, 1.82) is 0 Å². The van der Waals surface area contributed by atoms with Gasteiger partial charge in [0, 0.05) is 10.8 Å². The number of aromatic nitrogens is 2. The third-order valence-electron chi connectivity index (χ3n) is 3.67. The van der Waals surface area contributed by atoms with Crippen molar-refractivity contribution < 1.29 is 0 Å². The SMILES string of the molecule is CCc1cc2c(NN)nc(C3CCCC3)nc2s1. The van der Waals surface area contributed by atoms with Gasteiger partial charge in [0.1, 0.15) is 10.7 Å². The number of nitrogens with one attached hydrogen (secondary N) is 1. The molecule has 4 nitrogen and oxygen atoms in total. The minimum absolute atomic E-state index is 0.522. The van der Waals surface area contributed by atoms with E-state index < -0.39 is 0 Å². The Kier molecular flexibility index (Phi) is 3.18. The molecule has 0 radical (unpaired) electrons. The third-order valence-corrected chi connectivity index (χ3v) is 4.84. The van der Waals surface area contributed by atoms with Crippen molar-refractivity contribution >= 4 is 27.4 Å². The van der Waals surface area contributed by atoms with Crippen LogP contribution in [0.3, 0.4) is 0 Å². The molecule has 1 aliphatic rings. The maximum absolute atomic E-state index is 5.60. The van der Waals surface area contributed by atoms with Crippen LogP contribution in [0, 0.1) is 0 Å². The van der Waals surface area contributed by atoms with E-state index in [0.717, 1.165) is 28.3 Å². The van der Waals surface area contributed by atoms with Crippen molar-refractivity contribution in [2.75, 3.05) is 5.43 Å². The molecule has 96 valence electrons. The van der Waals surface area contributed by atoms with Crippen LogP contribution in [0.25, 0.3) is 10.2 Å². The van der Waals surface area contributed by atoms with Gasteiger partial charge >= 0.3 is 0 Å². The molecule has 0 unspecified atom stereocenters. The summed E-state index contributed by atoms with van der Waals surface area (Å²) in [7, 11) is 0. The van der Waals surface area contributed by atoms with Crippen LogP contribution >= 0.6 is 11.3 Å². The zero-order chi connectivity index (χ0) is 12.5. The van der Waals surface area contributed by atoms with Gasteiger partial charge in [0.25, 0.3) is 0 Å². The number of aryl methyl sites for hydroxylation is 1. The van der Waals surface area contributed by atoms with Gasteiger partial charge in [-0.15, -0.1) is 11.3 Å². The number of hydrogen-bond donors (Lipinski definition) is 2. The van der Waals surface area contributed by atoms with Gasteiger partial charge in [0.05, 0.1) is 5.39 Å². The number of anilines is 1. The van der Waals surface area contributed by atoms with Crippen LogP contribution in [0.2, 0.25) is 0 Å². The molecule has 3 N–H and O–H groups in total. The monoisotopic (exact) mass is 262 g/mol. The summed E-state index contributed by atoms with van der Waals surface area (Å²) < 4.78 is 0. The van der Waals surface area contributed by atoms with Gasteiger partial charge in [-0.25, -0.2) is 15.8 Å². The van der Waals surface area contributed by atoms with E-state index in [2.05, 4.69) is 23.4 Å². The Hall–Kier alpha value is -1.20. The van der Waals surface area contributed by atoms with E-state index >= 15 is 0 Å². The number of nitrogens with zero attached hydrogens (tertiary/aromatic N) is 2. The summed E-state index contributed by atoms with van der Waals surface area (Å²) in [6.45, 7) is 2.16. The Labute approximate surface area is 111 Å². The summed E-state index contributed by atoms with van der Waals surface area (Å²) in [5, 5.41) is 1.06. The Balaban J connectivity index is 2.10. The van der Waals surface area contributed by atoms with Gasteiger partial charge in [0.2, 0.25) is 0 Å². The highest BCUT2D eigenvalue weighted by atomic mass is 32.1. The first-order chi connectivity index (χ1) is 8.81. The predicted octanol–water partition coefficient (Wildman–Crippen LogP) is 3.20. The number of hydrogen-bond acceptors (Lipinski definition) is 5. The Morgan fingerprint density at radius 1 is 1.39 bits per heavy atom. The first kappa shape index (κ1) is 11.9. The van der Waals surface area contributed by atoms with Crippen LogP contribution < -0.4 is 11.3 Å². The van der Waals surface area contributed by atoms with Crippen molar-refractivity contribution in [3.63, 3.8) is 0 Å². The minimum Gasteiger partial charge on any atom is -0.308 e. The van der Waals surface area contributed by atoms with Gasteiger partial charge in [-0.1, -0.05) is 19.8 Å². The summed E-state index contributed by atoms with van der Waals surface area (Å²) in [6.07, 6.45) is 6.04. The summed E-state index contributed by atoms with van der Waals surface area (Å²) >= 11 is 1.75. The number of fused-ring (bicyclic) bond motifs is 1. The van der Waals surface area contributed by atoms with Crippen LogP contribution in [0.5, 0.6) is 0 Å². The van der Waals surface area contributed by atoms with Crippen molar-refractivity contribution in [3.05, 3.63) is 16.8 Å². The number of hydrazine groups is 1. The highest BCUT2D eigenvalue weighted by molar-refractivity contribution is 7.18. The van der Waals surface area contributed by atoms with E-state index in [9.17, 15) is 0 Å². The van der Waals surface area contributed by atoms with Gasteiger partial charge in [-0.05, 0) is 25.3 Å². The maximum Gasteiger partial charge on any atom is 0.152 e. The molecule has 2 heterocycles. The van der Waals surface area contributed by atoms with Crippen LogP contribution in [0.4, 0.5) is 5.82 Å². The van der Waals surface area contributed by atoms with Gasteiger partial charge in [-0.2, -0.15) is 0 Å². The van der Waals surface area contributed by atoms with Gasteiger partial charge in [-0.3, -0.25) is 0 Å². The molecule has 0 bridgehead atoms. The molecule has 0 saturated heterocycles. The number of thiophene rings is 1. The molecule has 0 aliphatic heterocycles. The highest BCUT2D eigenvalue weighted by Gasteiger charge is 2.21. The standard InChI is InChI=1S/C13H18N4S/c1-2-9-7-10-12(17-14)15-11(16-13(10)18-9)8-5-3-4-6-8/h7-8H,2-6,14H2,1H3,(H,15,16,17). The maximum atomic E-state index is 5.60. The van der Waals surface area contributed by atoms with E-state index in [1.54, 1.807) is 11.3 Å². The predicted molar refractivity (Wildman–Crippen MR) is 75.8 cm³/mol. The lowest BCUT2D eigenvalue weighted by Gasteiger charge is -2.09. The molecular weight excluding hydrogens is 244 g/mol. The van der Waals surface area contributed by atoms with E-state index in [4.69, 9.17) is 10.8 Å². The second kappa shape index (κ2) is 4.82. The van der Waals surface area contributed by atoms with Crippen molar-refractivity contribution in [2.24, 2.45) is 5.84 Å². The molecule has 0 amide bonds. The fourth-order valence-corrected chi connectivity index (χ4v) is 3.61. The Morgan fingerprint density at radius 2 is 2.17 bits per heavy atom. The molecule has 2 aromatic heterocycles. The number of nitrogen functional groups attached to an aromatic ring is 1. The third kappa shape index (κ3) is 1.97. The van der Waals surface area contributed by atoms with Gasteiger partial charge in [0.15, 0.2) is 5.82 Å². The van der Waals surface area contributed by atoms with Crippen molar-refractivity contribution in [2.45, 2.75) is 44.9 Å². The summed E-state index contributed by atoms with van der Waals surface area (Å²) in [4.78, 5) is 11.8. The average molecular weight is 262 g/mol. The molecule has 5 heteroatoms. The molecule has 0 aromatic carbocycles. The zero-order valence-corrected chi connectivity index (χ0v) is 11.4. The molecule has 1 fully saturated rings. The van der Waals surface area contributed by atoms with Gasteiger partial charge < -0.3 is 5.43 Å². The van der Waals surface area contributed by atoms with E-state index in [1.165, 1.54) is 30.6 Å². The van der Waals surface area contributed by atoms with Crippen LogP contribution in [-0.2, 0) is 6.42 Å². The lowest BCUT2D eigenvalue weighted by molar-refractivity contribution is 0.674. The molecule has 1 aliphatic carbocycles. The largest absolute Gasteiger partial charge is 0.308 e. The normalized spacial score (nSPS) is 16.6. The summed E-state index contributed by atoms with van der Waals surface area (Å²) in [5.41, 5.74) is 2.73.